The molecular formula is C12H18N4O4S. The number of nitrogens with two attached hydrogens (primary N) is 1. The Labute approximate surface area is 123 Å². The molecule has 4 N–H and O–H groups in total. The van der Waals surface area contributed by atoms with Crippen molar-refractivity contribution in [3.05, 3.63) is 30.3 Å². The molecule has 0 aliphatic carbocycles. The van der Waals surface area contributed by atoms with Crippen LogP contribution in [0.15, 0.2) is 30.3 Å². The summed E-state index contributed by atoms with van der Waals surface area (Å²) in [5.41, 5.74) is 5.62. The predicted molar refractivity (Wildman–Crippen MR) is 79.4 cm³/mol. The average Bonchev–Trinajstić information content (AvgIpc) is 2.39. The Balaban J connectivity index is 2.99. The van der Waals surface area contributed by atoms with E-state index < -0.39 is 16.3 Å². The summed E-state index contributed by atoms with van der Waals surface area (Å²) in [5, 5.41) is 7.21. The molecule has 1 rings (SSSR count). The van der Waals surface area contributed by atoms with Crippen LogP contribution in [0.5, 0.6) is 0 Å². The minimum atomic E-state index is -4.14. The van der Waals surface area contributed by atoms with Gasteiger partial charge < -0.3 is 10.5 Å². The Kier molecular flexibility index (Phi) is 5.97. The zero-order valence-corrected chi connectivity index (χ0v) is 12.4. The summed E-state index contributed by atoms with van der Waals surface area (Å²) in [7, 11) is -4.14. The van der Waals surface area contributed by atoms with Gasteiger partial charge in [0.05, 0.1) is 18.1 Å². The maximum absolute atomic E-state index is 12.2. The lowest BCUT2D eigenvalue weighted by Crippen LogP contribution is -2.45. The summed E-state index contributed by atoms with van der Waals surface area (Å²) in [5.74, 6) is -0.151. The van der Waals surface area contributed by atoms with E-state index in [1.54, 1.807) is 42.0 Å². The number of nitrogens with one attached hydrogen (secondary N) is 2. The molecule has 1 amide bonds. The van der Waals surface area contributed by atoms with Gasteiger partial charge in [-0.2, -0.15) is 8.42 Å². The fourth-order valence-corrected chi connectivity index (χ4v) is 2.64. The Morgan fingerprint density at radius 2 is 2.00 bits per heavy atom. The van der Waals surface area contributed by atoms with Gasteiger partial charge >= 0.3 is 16.3 Å². The molecule has 0 aliphatic heterocycles. The number of hydrogen-bond donors (Lipinski definition) is 3. The standard InChI is InChI=1S/C12H18N4O4S/c1-2-20-12(17)15-21(18,19)16(9-8-11(13)14)10-6-4-3-5-7-10/h3-7H,2,8-9H2,1H3,(H3,13,14)(H,15,17). The molecule has 0 saturated carbocycles. The van der Waals surface area contributed by atoms with Crippen LogP contribution < -0.4 is 14.8 Å². The van der Waals surface area contributed by atoms with Crippen LogP contribution in [0.4, 0.5) is 10.5 Å². The molecule has 0 spiro atoms. The fourth-order valence-electron chi connectivity index (χ4n) is 1.53. The zero-order chi connectivity index (χ0) is 15.9. The van der Waals surface area contributed by atoms with Crippen molar-refractivity contribution < 1.29 is 17.9 Å². The molecule has 21 heavy (non-hydrogen) atoms. The van der Waals surface area contributed by atoms with Crippen molar-refractivity contribution in [1.82, 2.24) is 4.72 Å². The SMILES string of the molecule is CCOC(=O)NS(=O)(=O)N(CCC(=N)N)c1ccccc1. The van der Waals surface area contributed by atoms with Crippen molar-refractivity contribution in [2.75, 3.05) is 17.5 Å². The first-order valence-corrected chi connectivity index (χ1v) is 7.66. The normalized spacial score (nSPS) is 10.7. The van der Waals surface area contributed by atoms with Crippen LogP contribution in [0.1, 0.15) is 13.3 Å². The number of para-hydroxylation sites is 1. The van der Waals surface area contributed by atoms with E-state index in [-0.39, 0.29) is 25.4 Å². The zero-order valence-electron chi connectivity index (χ0n) is 11.6. The first kappa shape index (κ1) is 16.8. The van der Waals surface area contributed by atoms with E-state index in [2.05, 4.69) is 4.74 Å². The predicted octanol–water partition coefficient (Wildman–Crippen LogP) is 0.810. The molecule has 0 saturated heterocycles. The van der Waals surface area contributed by atoms with Crippen LogP contribution in [-0.2, 0) is 14.9 Å². The van der Waals surface area contributed by atoms with Gasteiger partial charge in [0.2, 0.25) is 0 Å². The van der Waals surface area contributed by atoms with Crippen molar-refractivity contribution in [3.63, 3.8) is 0 Å². The number of amides is 1. The van der Waals surface area contributed by atoms with Gasteiger partial charge in [-0.15, -0.1) is 0 Å². The van der Waals surface area contributed by atoms with E-state index in [9.17, 15) is 13.2 Å². The van der Waals surface area contributed by atoms with Crippen LogP contribution in [0.25, 0.3) is 0 Å². The Bertz CT molecular complexity index is 589. The monoisotopic (exact) mass is 314 g/mol. The topological polar surface area (TPSA) is 126 Å². The van der Waals surface area contributed by atoms with E-state index in [4.69, 9.17) is 11.1 Å². The van der Waals surface area contributed by atoms with Crippen LogP contribution in [0, 0.1) is 5.41 Å². The third kappa shape index (κ3) is 5.30. The number of ether oxygens (including phenoxy) is 1. The van der Waals surface area contributed by atoms with Crippen molar-refractivity contribution in [2.24, 2.45) is 5.73 Å². The van der Waals surface area contributed by atoms with Crippen LogP contribution in [0.3, 0.4) is 0 Å². The maximum atomic E-state index is 12.2. The smallest absolute Gasteiger partial charge is 0.422 e. The Morgan fingerprint density at radius 3 is 2.52 bits per heavy atom. The van der Waals surface area contributed by atoms with Gasteiger partial charge in [-0.3, -0.25) is 9.71 Å². The molecule has 0 unspecified atom stereocenters. The number of anilines is 1. The van der Waals surface area contributed by atoms with Crippen molar-refractivity contribution >= 4 is 27.8 Å². The number of carbonyl (C=O) groups is 1. The summed E-state index contributed by atoms with van der Waals surface area (Å²) < 4.78 is 31.8. The first-order chi connectivity index (χ1) is 9.86. The number of carbonyl (C=O) groups excluding carboxylic acids is 1. The van der Waals surface area contributed by atoms with Crippen molar-refractivity contribution in [3.8, 4) is 0 Å². The highest BCUT2D eigenvalue weighted by molar-refractivity contribution is 7.91. The number of nitrogens with zero attached hydrogens (tertiary/aromatic N) is 1. The van der Waals surface area contributed by atoms with Gasteiger partial charge in [0.15, 0.2) is 0 Å². The van der Waals surface area contributed by atoms with Crippen molar-refractivity contribution in [2.45, 2.75) is 13.3 Å². The van der Waals surface area contributed by atoms with Gasteiger partial charge in [0.1, 0.15) is 0 Å². The molecule has 116 valence electrons. The minimum absolute atomic E-state index is 0.0403. The van der Waals surface area contributed by atoms with Crippen LogP contribution in [0.2, 0.25) is 0 Å². The van der Waals surface area contributed by atoms with Crippen LogP contribution >= 0.6 is 0 Å². The molecule has 0 heterocycles. The van der Waals surface area contributed by atoms with Gasteiger partial charge in [0, 0.05) is 13.0 Å². The number of benzene rings is 1. The Hall–Kier alpha value is -2.29. The molecule has 0 radical (unpaired) electrons. The van der Waals surface area contributed by atoms with Gasteiger partial charge in [0.25, 0.3) is 0 Å². The van der Waals surface area contributed by atoms with Crippen LogP contribution in [-0.4, -0.2) is 33.5 Å². The lowest BCUT2D eigenvalue weighted by atomic mass is 10.3. The molecule has 0 bridgehead atoms. The van der Waals surface area contributed by atoms with E-state index >= 15 is 0 Å². The summed E-state index contributed by atoms with van der Waals surface area (Å²) in [4.78, 5) is 11.3. The summed E-state index contributed by atoms with van der Waals surface area (Å²) in [6, 6.07) is 8.21. The molecule has 9 heteroatoms. The lowest BCUT2D eigenvalue weighted by molar-refractivity contribution is 0.158. The molecule has 0 fully saturated rings. The molecule has 1 aromatic rings. The molecule has 0 atom stereocenters. The van der Waals surface area contributed by atoms with E-state index in [1.165, 1.54) is 0 Å². The highest BCUT2D eigenvalue weighted by Gasteiger charge is 2.25. The van der Waals surface area contributed by atoms with E-state index in [1.807, 2.05) is 0 Å². The lowest BCUT2D eigenvalue weighted by Gasteiger charge is -2.23. The Morgan fingerprint density at radius 1 is 1.38 bits per heavy atom. The number of rotatable bonds is 7. The highest BCUT2D eigenvalue weighted by Crippen LogP contribution is 2.17. The maximum Gasteiger partial charge on any atom is 0.422 e. The molecule has 1 aromatic carbocycles. The largest absolute Gasteiger partial charge is 0.449 e. The molecule has 0 aromatic heterocycles. The highest BCUT2D eigenvalue weighted by atomic mass is 32.2. The first-order valence-electron chi connectivity index (χ1n) is 6.22. The summed E-state index contributed by atoms with van der Waals surface area (Å²) in [6.45, 7) is 1.56. The third-order valence-corrected chi connectivity index (χ3v) is 3.80. The second-order valence-corrected chi connectivity index (χ2v) is 5.61. The second kappa shape index (κ2) is 7.48. The second-order valence-electron chi connectivity index (χ2n) is 4.01. The molecule has 8 nitrogen and oxygen atoms in total. The van der Waals surface area contributed by atoms with Gasteiger partial charge in [-0.05, 0) is 19.1 Å². The summed E-state index contributed by atoms with van der Waals surface area (Å²) >= 11 is 0. The van der Waals surface area contributed by atoms with E-state index in [0.29, 0.717) is 5.69 Å². The fraction of sp³-hybridized carbons (Fsp3) is 0.333. The van der Waals surface area contributed by atoms with E-state index in [0.717, 1.165) is 4.31 Å². The number of amidine groups is 1. The van der Waals surface area contributed by atoms with Gasteiger partial charge in [-0.1, -0.05) is 18.2 Å². The average molecular weight is 314 g/mol. The minimum Gasteiger partial charge on any atom is -0.449 e. The van der Waals surface area contributed by atoms with Crippen molar-refractivity contribution in [1.29, 1.82) is 5.41 Å². The third-order valence-electron chi connectivity index (χ3n) is 2.41. The van der Waals surface area contributed by atoms with Gasteiger partial charge in [-0.25, -0.2) is 9.52 Å². The quantitative estimate of drug-likeness (QED) is 0.507. The molecule has 0 aliphatic rings. The number of hydrogen-bond acceptors (Lipinski definition) is 5. The molecular weight excluding hydrogens is 296 g/mol. The summed E-state index contributed by atoms with van der Waals surface area (Å²) in [6.07, 6.45) is -1.01.